The highest BCUT2D eigenvalue weighted by molar-refractivity contribution is 8.00. The lowest BCUT2D eigenvalue weighted by molar-refractivity contribution is -0.115. The zero-order valence-electron chi connectivity index (χ0n) is 13.8. The third-order valence-corrected chi connectivity index (χ3v) is 4.93. The highest BCUT2D eigenvalue weighted by Gasteiger charge is 2.17. The molecule has 0 bridgehead atoms. The van der Waals surface area contributed by atoms with Crippen LogP contribution in [0.2, 0.25) is 0 Å². The molecule has 0 aromatic heterocycles. The lowest BCUT2D eigenvalue weighted by Gasteiger charge is -2.15. The lowest BCUT2D eigenvalue weighted by Crippen LogP contribution is -2.22. The number of nitrogens with one attached hydrogen (secondary N) is 1. The van der Waals surface area contributed by atoms with Crippen LogP contribution in [-0.4, -0.2) is 11.2 Å². The number of anilines is 1. The molecule has 0 fully saturated rings. The van der Waals surface area contributed by atoms with Crippen LogP contribution in [0.15, 0.2) is 83.8 Å². The molecule has 0 unspecified atom stereocenters. The number of carbonyl (C=O) groups is 1. The van der Waals surface area contributed by atoms with Crippen molar-refractivity contribution in [3.63, 3.8) is 0 Å². The molecule has 1 N–H and O–H groups in total. The second kappa shape index (κ2) is 7.99. The molecular weight excluding hydrogens is 333 g/mol. The third kappa shape index (κ3) is 4.28. The van der Waals surface area contributed by atoms with Crippen molar-refractivity contribution in [2.45, 2.75) is 17.1 Å². The van der Waals surface area contributed by atoms with E-state index in [0.29, 0.717) is 4.90 Å². The van der Waals surface area contributed by atoms with Gasteiger partial charge in [-0.25, -0.2) is 4.39 Å². The van der Waals surface area contributed by atoms with Crippen molar-refractivity contribution in [3.8, 4) is 11.1 Å². The van der Waals surface area contributed by atoms with Gasteiger partial charge in [0.15, 0.2) is 0 Å². The molecule has 126 valence electrons. The summed E-state index contributed by atoms with van der Waals surface area (Å²) in [5.74, 6) is -0.464. The molecule has 0 aliphatic heterocycles. The van der Waals surface area contributed by atoms with Crippen molar-refractivity contribution >= 4 is 23.4 Å². The van der Waals surface area contributed by atoms with Crippen molar-refractivity contribution in [2.75, 3.05) is 5.32 Å². The minimum Gasteiger partial charge on any atom is -0.325 e. The highest BCUT2D eigenvalue weighted by atomic mass is 32.2. The minimum atomic E-state index is -0.416. The lowest BCUT2D eigenvalue weighted by atomic mass is 10.0. The number of halogens is 1. The standard InChI is InChI=1S/C21H18FNOS/c1-15(25-20-14-8-6-12-18(20)22)21(24)23-19-13-7-5-11-17(19)16-9-3-2-4-10-16/h2-15H,1H3,(H,23,24)/t15-/m0/s1. The Hall–Kier alpha value is -2.59. The second-order valence-corrected chi connectivity index (χ2v) is 6.97. The summed E-state index contributed by atoms with van der Waals surface area (Å²) in [6, 6.07) is 24.0. The summed E-state index contributed by atoms with van der Waals surface area (Å²) < 4.78 is 13.8. The van der Waals surface area contributed by atoms with Gasteiger partial charge in [0, 0.05) is 16.1 Å². The predicted molar refractivity (Wildman–Crippen MR) is 102 cm³/mol. The first kappa shape index (κ1) is 17.2. The summed E-state index contributed by atoms with van der Waals surface area (Å²) in [7, 11) is 0. The number of hydrogen-bond donors (Lipinski definition) is 1. The van der Waals surface area contributed by atoms with E-state index in [1.165, 1.54) is 17.8 Å². The highest BCUT2D eigenvalue weighted by Crippen LogP contribution is 2.30. The number of carbonyl (C=O) groups excluding carboxylic acids is 1. The van der Waals surface area contributed by atoms with Gasteiger partial charge in [-0.05, 0) is 30.7 Å². The van der Waals surface area contributed by atoms with Crippen LogP contribution in [0.3, 0.4) is 0 Å². The molecule has 3 aromatic carbocycles. The van der Waals surface area contributed by atoms with Gasteiger partial charge >= 0.3 is 0 Å². The Kier molecular flexibility index (Phi) is 5.51. The average molecular weight is 351 g/mol. The molecule has 0 spiro atoms. The van der Waals surface area contributed by atoms with E-state index in [0.717, 1.165) is 16.8 Å². The Bertz CT molecular complexity index is 867. The van der Waals surface area contributed by atoms with Crippen LogP contribution in [0, 0.1) is 5.82 Å². The van der Waals surface area contributed by atoms with E-state index in [-0.39, 0.29) is 11.7 Å². The van der Waals surface area contributed by atoms with Gasteiger partial charge in [-0.3, -0.25) is 4.79 Å². The zero-order chi connectivity index (χ0) is 17.6. The van der Waals surface area contributed by atoms with Gasteiger partial charge in [0.2, 0.25) is 5.91 Å². The smallest absolute Gasteiger partial charge is 0.237 e. The van der Waals surface area contributed by atoms with Gasteiger partial charge in [-0.2, -0.15) is 0 Å². The molecule has 1 amide bonds. The molecule has 0 saturated carbocycles. The number of amides is 1. The van der Waals surface area contributed by atoms with Crippen molar-refractivity contribution in [1.29, 1.82) is 0 Å². The second-order valence-electron chi connectivity index (χ2n) is 5.59. The van der Waals surface area contributed by atoms with Crippen molar-refractivity contribution < 1.29 is 9.18 Å². The molecule has 3 aromatic rings. The Morgan fingerprint density at radius 1 is 0.920 bits per heavy atom. The summed E-state index contributed by atoms with van der Waals surface area (Å²) in [5.41, 5.74) is 2.74. The van der Waals surface area contributed by atoms with Gasteiger partial charge in [-0.1, -0.05) is 60.7 Å². The molecule has 0 radical (unpaired) electrons. The zero-order valence-corrected chi connectivity index (χ0v) is 14.6. The van der Waals surface area contributed by atoms with E-state index in [4.69, 9.17) is 0 Å². The van der Waals surface area contributed by atoms with Crippen molar-refractivity contribution in [1.82, 2.24) is 0 Å². The first-order valence-electron chi connectivity index (χ1n) is 8.01. The SMILES string of the molecule is C[C@H](Sc1ccccc1F)C(=O)Nc1ccccc1-c1ccccc1. The van der Waals surface area contributed by atoms with Crippen LogP contribution in [-0.2, 0) is 4.79 Å². The van der Waals surface area contributed by atoms with E-state index in [2.05, 4.69) is 5.32 Å². The molecule has 4 heteroatoms. The van der Waals surface area contributed by atoms with Gasteiger partial charge in [-0.15, -0.1) is 11.8 Å². The van der Waals surface area contributed by atoms with E-state index in [9.17, 15) is 9.18 Å². The van der Waals surface area contributed by atoms with Gasteiger partial charge in [0.1, 0.15) is 5.82 Å². The maximum absolute atomic E-state index is 13.8. The number of hydrogen-bond acceptors (Lipinski definition) is 2. The summed E-state index contributed by atoms with van der Waals surface area (Å²) >= 11 is 1.21. The van der Waals surface area contributed by atoms with Crippen LogP contribution < -0.4 is 5.32 Å². The predicted octanol–water partition coefficient (Wildman–Crippen LogP) is 5.61. The summed E-state index contributed by atoms with van der Waals surface area (Å²) in [6.45, 7) is 1.78. The van der Waals surface area contributed by atoms with Crippen LogP contribution in [0.25, 0.3) is 11.1 Å². The molecule has 3 rings (SSSR count). The number of para-hydroxylation sites is 1. The summed E-state index contributed by atoms with van der Waals surface area (Å²) in [4.78, 5) is 13.0. The molecule has 0 saturated heterocycles. The molecule has 0 aliphatic carbocycles. The minimum absolute atomic E-state index is 0.156. The van der Waals surface area contributed by atoms with E-state index in [1.54, 1.807) is 25.1 Å². The maximum Gasteiger partial charge on any atom is 0.237 e. The van der Waals surface area contributed by atoms with Crippen LogP contribution in [0.1, 0.15) is 6.92 Å². The monoisotopic (exact) mass is 351 g/mol. The average Bonchev–Trinajstić information content (AvgIpc) is 2.64. The first-order valence-corrected chi connectivity index (χ1v) is 8.89. The summed E-state index contributed by atoms with van der Waals surface area (Å²) in [6.07, 6.45) is 0. The number of rotatable bonds is 5. The Morgan fingerprint density at radius 3 is 2.32 bits per heavy atom. The molecule has 0 aliphatic rings. The molecule has 2 nitrogen and oxygen atoms in total. The van der Waals surface area contributed by atoms with E-state index >= 15 is 0 Å². The Balaban J connectivity index is 1.76. The molecule has 0 heterocycles. The first-order chi connectivity index (χ1) is 12.1. The number of benzene rings is 3. The van der Waals surface area contributed by atoms with E-state index in [1.807, 2.05) is 54.6 Å². The van der Waals surface area contributed by atoms with Gasteiger partial charge < -0.3 is 5.32 Å². The third-order valence-electron chi connectivity index (χ3n) is 3.78. The normalized spacial score (nSPS) is 11.8. The van der Waals surface area contributed by atoms with Gasteiger partial charge in [0.25, 0.3) is 0 Å². The Labute approximate surface area is 151 Å². The van der Waals surface area contributed by atoms with Gasteiger partial charge in [0.05, 0.1) is 5.25 Å². The topological polar surface area (TPSA) is 29.1 Å². The molecule has 1 atom stereocenters. The fourth-order valence-electron chi connectivity index (χ4n) is 2.48. The van der Waals surface area contributed by atoms with Crippen LogP contribution >= 0.6 is 11.8 Å². The van der Waals surface area contributed by atoms with Crippen LogP contribution in [0.4, 0.5) is 10.1 Å². The van der Waals surface area contributed by atoms with Crippen LogP contribution in [0.5, 0.6) is 0 Å². The fraction of sp³-hybridized carbons (Fsp3) is 0.0952. The summed E-state index contributed by atoms with van der Waals surface area (Å²) in [5, 5.41) is 2.55. The van der Waals surface area contributed by atoms with E-state index < -0.39 is 5.25 Å². The largest absolute Gasteiger partial charge is 0.325 e. The molecule has 25 heavy (non-hydrogen) atoms. The van der Waals surface area contributed by atoms with Crippen molar-refractivity contribution in [2.24, 2.45) is 0 Å². The Morgan fingerprint density at radius 2 is 1.56 bits per heavy atom. The maximum atomic E-state index is 13.8. The number of thioether (sulfide) groups is 1. The quantitative estimate of drug-likeness (QED) is 0.605. The van der Waals surface area contributed by atoms with Crippen molar-refractivity contribution in [3.05, 3.63) is 84.7 Å². The molecular formula is C21H18FNOS. The fourth-order valence-corrected chi connectivity index (χ4v) is 3.36.